The fourth-order valence-electron chi connectivity index (χ4n) is 3.40. The van der Waals surface area contributed by atoms with Crippen LogP contribution in [0.1, 0.15) is 23.4 Å². The number of para-hydroxylation sites is 2. The summed E-state index contributed by atoms with van der Waals surface area (Å²) in [5, 5.41) is 2.90. The molecule has 6 nitrogen and oxygen atoms in total. The first kappa shape index (κ1) is 18.3. The van der Waals surface area contributed by atoms with E-state index in [0.29, 0.717) is 12.3 Å². The molecular formula is C20H28N3O3+. The fourth-order valence-corrected chi connectivity index (χ4v) is 3.40. The van der Waals surface area contributed by atoms with Gasteiger partial charge < -0.3 is 24.3 Å². The third-order valence-electron chi connectivity index (χ3n) is 4.88. The Labute approximate surface area is 154 Å². The van der Waals surface area contributed by atoms with E-state index in [9.17, 15) is 4.79 Å². The molecule has 2 aromatic rings. The first-order valence-corrected chi connectivity index (χ1v) is 9.31. The quantitative estimate of drug-likeness (QED) is 0.697. The van der Waals surface area contributed by atoms with Crippen LogP contribution in [-0.4, -0.2) is 52.3 Å². The largest absolute Gasteiger partial charge is 0.495 e. The number of rotatable bonds is 8. The van der Waals surface area contributed by atoms with Crippen LogP contribution >= 0.6 is 0 Å². The summed E-state index contributed by atoms with van der Waals surface area (Å²) in [5.74, 6) is 1.19. The number of nitrogens with zero attached hydrogens (tertiary/aromatic N) is 1. The molecule has 1 aromatic carbocycles. The second kappa shape index (κ2) is 9.29. The molecule has 1 aliphatic heterocycles. The van der Waals surface area contributed by atoms with Gasteiger partial charge in [-0.2, -0.15) is 0 Å². The third kappa shape index (κ3) is 4.79. The number of unbranched alkanes of at least 4 members (excludes halogenated alkanes) is 1. The number of benzene rings is 1. The minimum absolute atomic E-state index is 0.132. The maximum absolute atomic E-state index is 11.8. The van der Waals surface area contributed by atoms with Crippen molar-refractivity contribution in [1.82, 2.24) is 5.32 Å². The molecule has 0 saturated carbocycles. The summed E-state index contributed by atoms with van der Waals surface area (Å²) < 4.78 is 10.6. The van der Waals surface area contributed by atoms with E-state index in [0.717, 1.165) is 51.3 Å². The van der Waals surface area contributed by atoms with Crippen LogP contribution in [0, 0.1) is 0 Å². The molecule has 2 heterocycles. The highest BCUT2D eigenvalue weighted by molar-refractivity contribution is 5.91. The Bertz CT molecular complexity index is 679. The molecule has 140 valence electrons. The third-order valence-corrected chi connectivity index (χ3v) is 4.88. The van der Waals surface area contributed by atoms with Crippen LogP contribution in [0.3, 0.4) is 0 Å². The van der Waals surface area contributed by atoms with Gasteiger partial charge in [-0.25, -0.2) is 0 Å². The van der Waals surface area contributed by atoms with Crippen LogP contribution in [0.15, 0.2) is 47.1 Å². The molecule has 26 heavy (non-hydrogen) atoms. The molecule has 1 amide bonds. The fraction of sp³-hybridized carbons (Fsp3) is 0.450. The van der Waals surface area contributed by atoms with Gasteiger partial charge in [-0.05, 0) is 37.1 Å². The molecular weight excluding hydrogens is 330 g/mol. The van der Waals surface area contributed by atoms with Crippen molar-refractivity contribution < 1.29 is 18.8 Å². The SMILES string of the molecule is COc1ccccc1N1CC[NH+](CCCCNC(=O)c2ccco2)CC1. The number of amides is 1. The maximum atomic E-state index is 11.8. The van der Waals surface area contributed by atoms with E-state index in [1.54, 1.807) is 24.1 Å². The lowest BCUT2D eigenvalue weighted by Gasteiger charge is -2.34. The van der Waals surface area contributed by atoms with E-state index in [4.69, 9.17) is 9.15 Å². The maximum Gasteiger partial charge on any atom is 0.286 e. The van der Waals surface area contributed by atoms with Crippen molar-refractivity contribution in [1.29, 1.82) is 0 Å². The van der Waals surface area contributed by atoms with Crippen LogP contribution in [0.5, 0.6) is 5.75 Å². The molecule has 0 atom stereocenters. The number of hydrogen-bond donors (Lipinski definition) is 2. The zero-order chi connectivity index (χ0) is 18.2. The van der Waals surface area contributed by atoms with E-state index < -0.39 is 0 Å². The Kier molecular flexibility index (Phi) is 6.55. The Morgan fingerprint density at radius 2 is 2.00 bits per heavy atom. The summed E-state index contributed by atoms with van der Waals surface area (Å²) in [7, 11) is 1.73. The van der Waals surface area contributed by atoms with Crippen LogP contribution < -0.4 is 19.9 Å². The highest BCUT2D eigenvalue weighted by atomic mass is 16.5. The number of furan rings is 1. The van der Waals surface area contributed by atoms with E-state index in [-0.39, 0.29) is 5.91 Å². The lowest BCUT2D eigenvalue weighted by atomic mass is 10.2. The molecule has 3 rings (SSSR count). The number of carbonyl (C=O) groups is 1. The topological polar surface area (TPSA) is 59.1 Å². The van der Waals surface area contributed by atoms with Gasteiger partial charge in [-0.3, -0.25) is 4.79 Å². The van der Waals surface area contributed by atoms with Crippen LogP contribution in [0.2, 0.25) is 0 Å². The van der Waals surface area contributed by atoms with Gasteiger partial charge in [0.05, 0.1) is 51.8 Å². The van der Waals surface area contributed by atoms with Crippen molar-refractivity contribution in [2.45, 2.75) is 12.8 Å². The molecule has 0 aliphatic carbocycles. The van der Waals surface area contributed by atoms with Gasteiger partial charge in [0.2, 0.25) is 0 Å². The molecule has 0 radical (unpaired) electrons. The Morgan fingerprint density at radius 3 is 2.73 bits per heavy atom. The van der Waals surface area contributed by atoms with Crippen molar-refractivity contribution in [3.05, 3.63) is 48.4 Å². The molecule has 0 spiro atoms. The van der Waals surface area contributed by atoms with Gasteiger partial charge in [0.1, 0.15) is 5.75 Å². The van der Waals surface area contributed by atoms with Gasteiger partial charge in [-0.15, -0.1) is 0 Å². The summed E-state index contributed by atoms with van der Waals surface area (Å²) in [5.41, 5.74) is 1.19. The van der Waals surface area contributed by atoms with Crippen molar-refractivity contribution in [3.63, 3.8) is 0 Å². The monoisotopic (exact) mass is 358 g/mol. The Balaban J connectivity index is 1.32. The highest BCUT2D eigenvalue weighted by Gasteiger charge is 2.21. The van der Waals surface area contributed by atoms with Gasteiger partial charge in [0.15, 0.2) is 5.76 Å². The number of carbonyl (C=O) groups excluding carboxylic acids is 1. The van der Waals surface area contributed by atoms with Crippen LogP contribution in [-0.2, 0) is 0 Å². The van der Waals surface area contributed by atoms with Crippen molar-refractivity contribution in [2.75, 3.05) is 51.3 Å². The smallest absolute Gasteiger partial charge is 0.286 e. The zero-order valence-electron chi connectivity index (χ0n) is 15.4. The summed E-state index contributed by atoms with van der Waals surface area (Å²) >= 11 is 0. The van der Waals surface area contributed by atoms with E-state index in [1.165, 1.54) is 12.0 Å². The number of hydrogen-bond acceptors (Lipinski definition) is 4. The minimum Gasteiger partial charge on any atom is -0.495 e. The predicted octanol–water partition coefficient (Wildman–Crippen LogP) is 1.20. The second-order valence-electron chi connectivity index (χ2n) is 6.60. The zero-order valence-corrected chi connectivity index (χ0v) is 15.4. The predicted molar refractivity (Wildman–Crippen MR) is 101 cm³/mol. The second-order valence-corrected chi connectivity index (χ2v) is 6.60. The summed E-state index contributed by atoms with van der Waals surface area (Å²) in [6, 6.07) is 11.6. The molecule has 2 N–H and O–H groups in total. The molecule has 6 heteroatoms. The average molecular weight is 358 g/mol. The highest BCUT2D eigenvalue weighted by Crippen LogP contribution is 2.27. The number of piperazine rings is 1. The number of methoxy groups -OCH3 is 1. The van der Waals surface area contributed by atoms with Crippen LogP contribution in [0.25, 0.3) is 0 Å². The van der Waals surface area contributed by atoms with Crippen molar-refractivity contribution >= 4 is 11.6 Å². The first-order chi connectivity index (χ1) is 12.8. The summed E-state index contributed by atoms with van der Waals surface area (Å²) in [4.78, 5) is 15.8. The van der Waals surface area contributed by atoms with Crippen molar-refractivity contribution in [3.8, 4) is 5.75 Å². The Hall–Kier alpha value is -2.47. The lowest BCUT2D eigenvalue weighted by Crippen LogP contribution is -3.14. The normalized spacial score (nSPS) is 15.0. The van der Waals surface area contributed by atoms with Gasteiger partial charge >= 0.3 is 0 Å². The number of quaternary nitrogens is 1. The number of ether oxygens (including phenoxy) is 1. The summed E-state index contributed by atoms with van der Waals surface area (Å²) in [6.45, 7) is 6.21. The van der Waals surface area contributed by atoms with Gasteiger partial charge in [0.25, 0.3) is 5.91 Å². The molecule has 0 unspecified atom stereocenters. The molecule has 0 bridgehead atoms. The van der Waals surface area contributed by atoms with Crippen molar-refractivity contribution in [2.24, 2.45) is 0 Å². The first-order valence-electron chi connectivity index (χ1n) is 9.31. The standard InChI is InChI=1S/C20H27N3O3/c1-25-18-8-3-2-7-17(18)23-14-12-22(13-15-23)11-5-4-10-21-20(24)19-9-6-16-26-19/h2-3,6-9,16H,4-5,10-15H2,1H3,(H,21,24)/p+1. The number of anilines is 1. The Morgan fingerprint density at radius 1 is 1.19 bits per heavy atom. The van der Waals surface area contributed by atoms with Gasteiger partial charge in [0, 0.05) is 6.54 Å². The molecule has 1 aliphatic rings. The van der Waals surface area contributed by atoms with E-state index in [1.807, 2.05) is 12.1 Å². The van der Waals surface area contributed by atoms with E-state index >= 15 is 0 Å². The van der Waals surface area contributed by atoms with Crippen LogP contribution in [0.4, 0.5) is 5.69 Å². The molecule has 1 saturated heterocycles. The van der Waals surface area contributed by atoms with Gasteiger partial charge in [-0.1, -0.05) is 12.1 Å². The average Bonchev–Trinajstić information content (AvgIpc) is 3.23. The number of nitrogens with one attached hydrogen (secondary N) is 2. The summed E-state index contributed by atoms with van der Waals surface area (Å²) in [6.07, 6.45) is 3.62. The van der Waals surface area contributed by atoms with E-state index in [2.05, 4.69) is 22.3 Å². The molecule has 1 aromatic heterocycles. The minimum atomic E-state index is -0.132. The molecule has 1 fully saturated rings. The lowest BCUT2D eigenvalue weighted by molar-refractivity contribution is -0.900.